The van der Waals surface area contributed by atoms with Gasteiger partial charge in [0.25, 0.3) is 0 Å². The van der Waals surface area contributed by atoms with Crippen LogP contribution in [0.4, 0.5) is 10.1 Å². The molecule has 0 radical (unpaired) electrons. The zero-order valence-corrected chi connectivity index (χ0v) is 14.0. The van der Waals surface area contributed by atoms with Crippen LogP contribution in [0.25, 0.3) is 0 Å². The number of carbonyl (C=O) groups is 3. The summed E-state index contributed by atoms with van der Waals surface area (Å²) >= 11 is 0. The number of benzene rings is 1. The maximum Gasteiger partial charge on any atom is 0.323 e. The molecule has 136 valence electrons. The lowest BCUT2D eigenvalue weighted by Crippen LogP contribution is -2.42. The van der Waals surface area contributed by atoms with E-state index in [1.54, 1.807) is 0 Å². The summed E-state index contributed by atoms with van der Waals surface area (Å²) in [4.78, 5) is 38.0. The van der Waals surface area contributed by atoms with Crippen molar-refractivity contribution in [1.82, 2.24) is 4.90 Å². The average molecular weight is 352 g/mol. The molecule has 1 N–H and O–H groups in total. The normalized spacial score (nSPS) is 13.5. The van der Waals surface area contributed by atoms with Gasteiger partial charge in [-0.2, -0.15) is 0 Å². The number of aryl methyl sites for hydroxylation is 1. The summed E-state index contributed by atoms with van der Waals surface area (Å²) in [5, 5.41) is 8.91. The SMILES string of the molecule is COCCN(CC(=O)O)C(=O)CCN1C(=O)CCc2cc(F)ccc21. The fourth-order valence-corrected chi connectivity index (χ4v) is 2.80. The van der Waals surface area contributed by atoms with Crippen molar-refractivity contribution in [3.05, 3.63) is 29.6 Å². The zero-order valence-electron chi connectivity index (χ0n) is 14.0. The van der Waals surface area contributed by atoms with E-state index in [-0.39, 0.29) is 50.2 Å². The second-order valence-electron chi connectivity index (χ2n) is 5.77. The Morgan fingerprint density at radius 3 is 2.80 bits per heavy atom. The first-order valence-corrected chi connectivity index (χ1v) is 7.99. The van der Waals surface area contributed by atoms with Crippen molar-refractivity contribution in [1.29, 1.82) is 0 Å². The highest BCUT2D eigenvalue weighted by atomic mass is 19.1. The van der Waals surface area contributed by atoms with Gasteiger partial charge in [-0.25, -0.2) is 4.39 Å². The molecule has 7 nitrogen and oxygen atoms in total. The number of amides is 2. The van der Waals surface area contributed by atoms with Crippen LogP contribution in [0.1, 0.15) is 18.4 Å². The number of carboxylic acid groups (broad SMARTS) is 1. The van der Waals surface area contributed by atoms with Crippen molar-refractivity contribution < 1.29 is 28.6 Å². The molecule has 0 aliphatic carbocycles. The molecule has 0 saturated carbocycles. The first-order valence-electron chi connectivity index (χ1n) is 7.99. The Kier molecular flexibility index (Phi) is 6.46. The fraction of sp³-hybridized carbons (Fsp3) is 0.471. The topological polar surface area (TPSA) is 87.2 Å². The molecule has 0 fully saturated rings. The van der Waals surface area contributed by atoms with Crippen LogP contribution in [0.5, 0.6) is 0 Å². The van der Waals surface area contributed by atoms with Crippen molar-refractivity contribution >= 4 is 23.5 Å². The molecule has 25 heavy (non-hydrogen) atoms. The third kappa shape index (κ3) is 4.99. The first kappa shape index (κ1) is 18.9. The van der Waals surface area contributed by atoms with E-state index in [4.69, 9.17) is 9.84 Å². The van der Waals surface area contributed by atoms with Crippen LogP contribution in [0.15, 0.2) is 18.2 Å². The minimum absolute atomic E-state index is 0.0143. The Bertz CT molecular complexity index is 664. The molecule has 0 unspecified atom stereocenters. The number of halogens is 1. The molecule has 2 rings (SSSR count). The predicted octanol–water partition coefficient (Wildman–Crippen LogP) is 1.05. The Hall–Kier alpha value is -2.48. The summed E-state index contributed by atoms with van der Waals surface area (Å²) < 4.78 is 18.2. The van der Waals surface area contributed by atoms with Crippen LogP contribution < -0.4 is 4.90 Å². The first-order chi connectivity index (χ1) is 11.9. The van der Waals surface area contributed by atoms with E-state index in [9.17, 15) is 18.8 Å². The minimum atomic E-state index is -1.11. The maximum absolute atomic E-state index is 13.3. The lowest BCUT2D eigenvalue weighted by Gasteiger charge is -2.30. The van der Waals surface area contributed by atoms with Gasteiger partial charge >= 0.3 is 5.97 Å². The van der Waals surface area contributed by atoms with Gasteiger partial charge in [-0.1, -0.05) is 0 Å². The van der Waals surface area contributed by atoms with E-state index in [1.165, 1.54) is 35.1 Å². The molecule has 0 saturated heterocycles. The number of carbonyl (C=O) groups excluding carboxylic acids is 2. The molecule has 1 aliphatic rings. The molecule has 0 bridgehead atoms. The summed E-state index contributed by atoms with van der Waals surface area (Å²) in [6.45, 7) is 0.0957. The van der Waals surface area contributed by atoms with E-state index in [1.807, 2.05) is 0 Å². The van der Waals surface area contributed by atoms with Gasteiger partial charge in [0.05, 0.1) is 6.61 Å². The summed E-state index contributed by atoms with van der Waals surface area (Å²) in [6, 6.07) is 4.21. The maximum atomic E-state index is 13.3. The van der Waals surface area contributed by atoms with E-state index in [0.717, 1.165) is 5.56 Å². The quantitative estimate of drug-likeness (QED) is 0.756. The van der Waals surface area contributed by atoms with Gasteiger partial charge < -0.3 is 19.6 Å². The Morgan fingerprint density at radius 2 is 2.12 bits per heavy atom. The van der Waals surface area contributed by atoms with Crippen LogP contribution in [0, 0.1) is 5.82 Å². The smallest absolute Gasteiger partial charge is 0.323 e. The third-order valence-electron chi connectivity index (χ3n) is 4.04. The number of fused-ring (bicyclic) bond motifs is 1. The van der Waals surface area contributed by atoms with Gasteiger partial charge in [0.15, 0.2) is 0 Å². The Morgan fingerprint density at radius 1 is 1.36 bits per heavy atom. The van der Waals surface area contributed by atoms with E-state index >= 15 is 0 Å². The summed E-state index contributed by atoms with van der Waals surface area (Å²) in [5.41, 5.74) is 1.33. The van der Waals surface area contributed by atoms with Crippen molar-refractivity contribution in [2.75, 3.05) is 38.3 Å². The minimum Gasteiger partial charge on any atom is -0.480 e. The number of aliphatic carboxylic acids is 1. The highest BCUT2D eigenvalue weighted by Gasteiger charge is 2.26. The molecule has 8 heteroatoms. The Balaban J connectivity index is 2.05. The van der Waals surface area contributed by atoms with Crippen LogP contribution in [0.2, 0.25) is 0 Å². The van der Waals surface area contributed by atoms with Crippen molar-refractivity contribution in [2.45, 2.75) is 19.3 Å². The number of rotatable bonds is 8. The fourth-order valence-electron chi connectivity index (χ4n) is 2.80. The van der Waals surface area contributed by atoms with Crippen molar-refractivity contribution in [3.63, 3.8) is 0 Å². The summed E-state index contributed by atoms with van der Waals surface area (Å²) in [5.74, 6) is -1.98. The second kappa shape index (κ2) is 8.57. The second-order valence-corrected chi connectivity index (χ2v) is 5.77. The number of anilines is 1. The zero-order chi connectivity index (χ0) is 18.4. The number of carboxylic acids is 1. The third-order valence-corrected chi connectivity index (χ3v) is 4.04. The standard InChI is InChI=1S/C17H21FN2O5/c1-25-9-8-19(11-17(23)24)15(21)6-7-20-14-4-3-13(18)10-12(14)2-5-16(20)22/h3-4,10H,2,5-9,11H2,1H3,(H,23,24). The van der Waals surface area contributed by atoms with Gasteiger partial charge in [0.1, 0.15) is 12.4 Å². The van der Waals surface area contributed by atoms with Crippen LogP contribution >= 0.6 is 0 Å². The molecule has 0 aromatic heterocycles. The predicted molar refractivity (Wildman–Crippen MR) is 87.8 cm³/mol. The number of ether oxygens (including phenoxy) is 1. The molecule has 1 aromatic carbocycles. The molecule has 2 amide bonds. The summed E-state index contributed by atoms with van der Waals surface area (Å²) in [6.07, 6.45) is 0.710. The van der Waals surface area contributed by atoms with Crippen LogP contribution in [-0.4, -0.2) is 61.1 Å². The number of methoxy groups -OCH3 is 1. The van der Waals surface area contributed by atoms with Gasteiger partial charge in [0, 0.05) is 38.7 Å². The molecule has 0 spiro atoms. The van der Waals surface area contributed by atoms with E-state index in [0.29, 0.717) is 12.1 Å². The van der Waals surface area contributed by atoms with Gasteiger partial charge in [-0.3, -0.25) is 14.4 Å². The molecule has 1 aromatic rings. The van der Waals surface area contributed by atoms with Crippen molar-refractivity contribution in [3.8, 4) is 0 Å². The lowest BCUT2D eigenvalue weighted by molar-refractivity contribution is -0.144. The Labute approximate surface area is 145 Å². The van der Waals surface area contributed by atoms with Gasteiger partial charge in [-0.15, -0.1) is 0 Å². The van der Waals surface area contributed by atoms with E-state index in [2.05, 4.69) is 0 Å². The van der Waals surface area contributed by atoms with E-state index < -0.39 is 12.5 Å². The van der Waals surface area contributed by atoms with Gasteiger partial charge in [0.2, 0.25) is 11.8 Å². The summed E-state index contributed by atoms with van der Waals surface area (Å²) in [7, 11) is 1.46. The molecular weight excluding hydrogens is 331 g/mol. The molecule has 1 heterocycles. The molecule has 0 atom stereocenters. The number of nitrogens with zero attached hydrogens (tertiary/aromatic N) is 2. The number of hydrogen-bond acceptors (Lipinski definition) is 4. The molecule has 1 aliphatic heterocycles. The lowest BCUT2D eigenvalue weighted by atomic mass is 10.0. The number of hydrogen-bond donors (Lipinski definition) is 1. The molecular formula is C17H21FN2O5. The van der Waals surface area contributed by atoms with Crippen molar-refractivity contribution in [2.24, 2.45) is 0 Å². The largest absolute Gasteiger partial charge is 0.480 e. The monoisotopic (exact) mass is 352 g/mol. The van der Waals surface area contributed by atoms with Crippen LogP contribution in [0.3, 0.4) is 0 Å². The average Bonchev–Trinajstić information content (AvgIpc) is 2.57. The van der Waals surface area contributed by atoms with Crippen LogP contribution in [-0.2, 0) is 25.5 Å². The highest BCUT2D eigenvalue weighted by Crippen LogP contribution is 2.28. The van der Waals surface area contributed by atoms with Gasteiger partial charge in [-0.05, 0) is 30.2 Å². The highest BCUT2D eigenvalue weighted by molar-refractivity contribution is 5.97.